The molecule has 0 atom stereocenters. The molecule has 0 aliphatic rings. The van der Waals surface area contributed by atoms with Gasteiger partial charge < -0.3 is 4.90 Å². The molecule has 2 heterocycles. The Kier molecular flexibility index (Phi) is 5.35. The van der Waals surface area contributed by atoms with Crippen LogP contribution in [-0.2, 0) is 0 Å². The van der Waals surface area contributed by atoms with Crippen molar-refractivity contribution in [3.63, 3.8) is 0 Å². The second-order valence-corrected chi connectivity index (χ2v) is 6.87. The minimum absolute atomic E-state index is 0.00781. The van der Waals surface area contributed by atoms with Crippen LogP contribution in [-0.4, -0.2) is 33.5 Å². The van der Waals surface area contributed by atoms with E-state index in [2.05, 4.69) is 0 Å². The van der Waals surface area contributed by atoms with Crippen molar-refractivity contribution in [2.45, 2.75) is 44.7 Å². The number of nitrogens with zero attached hydrogens (tertiary/aromatic N) is 3. The van der Waals surface area contributed by atoms with Crippen LogP contribution < -0.4 is 5.56 Å². The third kappa shape index (κ3) is 2.92. The van der Waals surface area contributed by atoms with Crippen molar-refractivity contribution in [3.8, 4) is 6.07 Å². The summed E-state index contributed by atoms with van der Waals surface area (Å²) in [6, 6.07) is 7.24. The average molecular weight is 343 g/mol. The fourth-order valence-corrected chi connectivity index (χ4v) is 3.72. The highest BCUT2D eigenvalue weighted by molar-refractivity contribution is 7.98. The largest absolute Gasteiger partial charge is 0.334 e. The summed E-state index contributed by atoms with van der Waals surface area (Å²) in [7, 11) is 0. The van der Waals surface area contributed by atoms with Crippen molar-refractivity contribution in [1.82, 2.24) is 9.30 Å². The molecule has 6 heteroatoms. The van der Waals surface area contributed by atoms with Gasteiger partial charge in [0.2, 0.25) is 0 Å². The van der Waals surface area contributed by atoms with E-state index in [-0.39, 0.29) is 23.6 Å². The van der Waals surface area contributed by atoms with Gasteiger partial charge in [0.1, 0.15) is 11.6 Å². The maximum Gasteiger partial charge on any atom is 0.274 e. The SMILES string of the molecule is CSc1c(C#N)c(=O)n2ccccc2c1C(=O)N(C(C)C)C(C)C. The molecule has 0 aliphatic heterocycles. The maximum absolute atomic E-state index is 13.3. The standard InChI is InChI=1S/C18H21N3O2S/c1-11(2)21(12(3)4)18(23)15-14-8-6-7-9-20(14)17(22)13(10-19)16(15)24-5/h6-9,11-12H,1-5H3. The van der Waals surface area contributed by atoms with Crippen LogP contribution in [0.2, 0.25) is 0 Å². The van der Waals surface area contributed by atoms with E-state index in [1.807, 2.05) is 33.8 Å². The Morgan fingerprint density at radius 3 is 2.38 bits per heavy atom. The topological polar surface area (TPSA) is 65.6 Å². The van der Waals surface area contributed by atoms with Crippen LogP contribution in [0.1, 0.15) is 43.6 Å². The molecule has 0 N–H and O–H groups in total. The normalized spacial score (nSPS) is 11.1. The van der Waals surface area contributed by atoms with Crippen molar-refractivity contribution in [2.75, 3.05) is 6.26 Å². The molecular weight excluding hydrogens is 322 g/mol. The van der Waals surface area contributed by atoms with Gasteiger partial charge in [-0.05, 0) is 46.1 Å². The van der Waals surface area contributed by atoms with Crippen LogP contribution in [0.15, 0.2) is 34.1 Å². The van der Waals surface area contributed by atoms with Gasteiger partial charge >= 0.3 is 0 Å². The summed E-state index contributed by atoms with van der Waals surface area (Å²) in [5.41, 5.74) is 0.570. The highest BCUT2D eigenvalue weighted by Crippen LogP contribution is 2.28. The van der Waals surface area contributed by atoms with Gasteiger partial charge in [-0.1, -0.05) is 6.07 Å². The zero-order valence-electron chi connectivity index (χ0n) is 14.5. The number of thioether (sulfide) groups is 1. The highest BCUT2D eigenvalue weighted by Gasteiger charge is 2.28. The van der Waals surface area contributed by atoms with Gasteiger partial charge in [0, 0.05) is 23.2 Å². The summed E-state index contributed by atoms with van der Waals surface area (Å²) in [6.07, 6.45) is 3.37. The predicted molar refractivity (Wildman–Crippen MR) is 96.6 cm³/mol. The summed E-state index contributed by atoms with van der Waals surface area (Å²) in [5.74, 6) is -0.162. The highest BCUT2D eigenvalue weighted by atomic mass is 32.2. The Hall–Kier alpha value is -2.26. The minimum atomic E-state index is -0.394. The van der Waals surface area contributed by atoms with E-state index < -0.39 is 5.56 Å². The van der Waals surface area contributed by atoms with Gasteiger partial charge in [-0.15, -0.1) is 11.8 Å². The molecule has 0 bridgehead atoms. The quantitative estimate of drug-likeness (QED) is 0.800. The molecule has 2 rings (SSSR count). The third-order valence-electron chi connectivity index (χ3n) is 3.88. The Morgan fingerprint density at radius 1 is 1.25 bits per heavy atom. The van der Waals surface area contributed by atoms with Gasteiger partial charge in [-0.25, -0.2) is 0 Å². The summed E-state index contributed by atoms with van der Waals surface area (Å²) in [4.78, 5) is 28.1. The molecule has 0 aliphatic carbocycles. The van der Waals surface area contributed by atoms with Crippen LogP contribution in [0.5, 0.6) is 0 Å². The van der Waals surface area contributed by atoms with Crippen LogP contribution >= 0.6 is 11.8 Å². The lowest BCUT2D eigenvalue weighted by Crippen LogP contribution is -2.43. The van der Waals surface area contributed by atoms with Gasteiger partial charge in [-0.2, -0.15) is 5.26 Å². The van der Waals surface area contributed by atoms with Crippen LogP contribution in [0.3, 0.4) is 0 Å². The lowest BCUT2D eigenvalue weighted by Gasteiger charge is -2.31. The molecule has 0 saturated heterocycles. The fourth-order valence-electron chi connectivity index (χ4n) is 2.99. The monoisotopic (exact) mass is 343 g/mol. The molecule has 0 radical (unpaired) electrons. The van der Waals surface area contributed by atoms with Gasteiger partial charge in [0.05, 0.1) is 11.1 Å². The van der Waals surface area contributed by atoms with Crippen molar-refractivity contribution in [1.29, 1.82) is 5.26 Å². The lowest BCUT2D eigenvalue weighted by molar-refractivity contribution is 0.0641. The van der Waals surface area contributed by atoms with E-state index in [1.54, 1.807) is 35.6 Å². The summed E-state index contributed by atoms with van der Waals surface area (Å²) >= 11 is 1.26. The summed E-state index contributed by atoms with van der Waals surface area (Å²) < 4.78 is 1.38. The van der Waals surface area contributed by atoms with Crippen LogP contribution in [0, 0.1) is 11.3 Å². The second-order valence-electron chi connectivity index (χ2n) is 6.06. The number of aromatic nitrogens is 1. The molecule has 5 nitrogen and oxygen atoms in total. The molecule has 24 heavy (non-hydrogen) atoms. The van der Waals surface area contributed by atoms with E-state index in [4.69, 9.17) is 0 Å². The van der Waals surface area contributed by atoms with Crippen LogP contribution in [0.25, 0.3) is 5.52 Å². The smallest absolute Gasteiger partial charge is 0.274 e. The van der Waals surface area contributed by atoms with Gasteiger partial charge in [0.25, 0.3) is 11.5 Å². The van der Waals surface area contributed by atoms with Gasteiger partial charge in [-0.3, -0.25) is 14.0 Å². The molecule has 1 amide bonds. The molecule has 126 valence electrons. The first-order valence-corrected chi connectivity index (χ1v) is 9.01. The number of hydrogen-bond acceptors (Lipinski definition) is 4. The van der Waals surface area contributed by atoms with E-state index in [0.717, 1.165) is 0 Å². The molecule has 0 unspecified atom stereocenters. The number of fused-ring (bicyclic) bond motifs is 1. The predicted octanol–water partition coefficient (Wildman–Crippen LogP) is 3.15. The fraction of sp³-hybridized carbons (Fsp3) is 0.389. The van der Waals surface area contributed by atoms with E-state index in [0.29, 0.717) is 16.0 Å². The first-order chi connectivity index (χ1) is 11.3. The molecule has 2 aromatic rings. The number of pyridine rings is 2. The number of hydrogen-bond donors (Lipinski definition) is 0. The average Bonchev–Trinajstić information content (AvgIpc) is 2.53. The molecule has 0 saturated carbocycles. The van der Waals surface area contributed by atoms with E-state index >= 15 is 0 Å². The van der Waals surface area contributed by atoms with E-state index in [9.17, 15) is 14.9 Å². The first kappa shape index (κ1) is 18.1. The first-order valence-electron chi connectivity index (χ1n) is 7.79. The molecule has 0 fully saturated rings. The molecule has 0 spiro atoms. The number of rotatable bonds is 4. The van der Waals surface area contributed by atoms with E-state index in [1.165, 1.54) is 16.2 Å². The van der Waals surface area contributed by atoms with Crippen molar-refractivity contribution >= 4 is 23.2 Å². The maximum atomic E-state index is 13.3. The van der Waals surface area contributed by atoms with Crippen LogP contribution in [0.4, 0.5) is 0 Å². The van der Waals surface area contributed by atoms with Gasteiger partial charge in [0.15, 0.2) is 0 Å². The van der Waals surface area contributed by atoms with Crippen molar-refractivity contribution in [3.05, 3.63) is 45.9 Å². The zero-order valence-corrected chi connectivity index (χ0v) is 15.3. The summed E-state index contributed by atoms with van der Waals surface area (Å²) in [6.45, 7) is 7.83. The Labute approximate surface area is 145 Å². The van der Waals surface area contributed by atoms with Crippen molar-refractivity contribution < 1.29 is 4.79 Å². The number of carbonyl (C=O) groups is 1. The lowest BCUT2D eigenvalue weighted by atomic mass is 10.1. The molecule has 0 aromatic carbocycles. The molecule has 2 aromatic heterocycles. The Morgan fingerprint density at radius 2 is 1.88 bits per heavy atom. The minimum Gasteiger partial charge on any atom is -0.334 e. The van der Waals surface area contributed by atoms with Crippen molar-refractivity contribution in [2.24, 2.45) is 0 Å². The number of amides is 1. The Balaban J connectivity index is 2.92. The third-order valence-corrected chi connectivity index (χ3v) is 4.70. The molecular formula is C18H21N3O2S. The number of carbonyl (C=O) groups excluding carboxylic acids is 1. The second kappa shape index (κ2) is 7.10. The number of nitriles is 1. The summed E-state index contributed by atoms with van der Waals surface area (Å²) in [5, 5.41) is 9.45. The zero-order chi connectivity index (χ0) is 18.0. The Bertz CT molecular complexity index is 870.